The zero-order chi connectivity index (χ0) is 18.8. The van der Waals surface area contributed by atoms with Gasteiger partial charge in [0.15, 0.2) is 4.34 Å². The van der Waals surface area contributed by atoms with Gasteiger partial charge in [-0.1, -0.05) is 11.8 Å². The summed E-state index contributed by atoms with van der Waals surface area (Å²) in [6.07, 6.45) is 2.38. The lowest BCUT2D eigenvalue weighted by atomic mass is 9.84. The lowest BCUT2D eigenvalue weighted by molar-refractivity contribution is -0.114. The van der Waals surface area contributed by atoms with Gasteiger partial charge in [-0.3, -0.25) is 9.59 Å². The van der Waals surface area contributed by atoms with E-state index in [0.717, 1.165) is 15.8 Å². The van der Waals surface area contributed by atoms with E-state index in [0.29, 0.717) is 17.3 Å². The molecule has 5 rings (SSSR count). The molecule has 2 amide bonds. The Morgan fingerprint density at radius 2 is 1.96 bits per heavy atom. The van der Waals surface area contributed by atoms with Crippen molar-refractivity contribution in [2.45, 2.75) is 35.0 Å². The number of hydrogen-bond donors (Lipinski definition) is 2. The van der Waals surface area contributed by atoms with Crippen LogP contribution in [-0.4, -0.2) is 47.4 Å². The van der Waals surface area contributed by atoms with Crippen LogP contribution in [0, 0.1) is 5.92 Å². The molecule has 2 aromatic rings. The first-order chi connectivity index (χ1) is 13.1. The number of fused-ring (bicyclic) bond motifs is 3. The van der Waals surface area contributed by atoms with Crippen molar-refractivity contribution in [1.29, 1.82) is 0 Å². The summed E-state index contributed by atoms with van der Waals surface area (Å²) in [5, 5.41) is 7.71. The van der Waals surface area contributed by atoms with Gasteiger partial charge in [0.2, 0.25) is 5.91 Å². The highest BCUT2D eigenvalue weighted by molar-refractivity contribution is 8.01. The minimum atomic E-state index is -0.129. The molecule has 0 unspecified atom stereocenters. The van der Waals surface area contributed by atoms with Gasteiger partial charge in [0.25, 0.3) is 5.91 Å². The molecule has 1 aromatic heterocycles. The van der Waals surface area contributed by atoms with E-state index in [2.05, 4.69) is 20.5 Å². The third kappa shape index (κ3) is 4.51. The summed E-state index contributed by atoms with van der Waals surface area (Å²) >= 11 is 3.00. The van der Waals surface area contributed by atoms with Crippen molar-refractivity contribution < 1.29 is 9.59 Å². The minimum Gasteiger partial charge on any atom is -0.348 e. The van der Waals surface area contributed by atoms with E-state index in [-0.39, 0.29) is 17.9 Å². The minimum absolute atomic E-state index is 0.00694. The van der Waals surface area contributed by atoms with Crippen molar-refractivity contribution in [3.8, 4) is 0 Å². The number of anilines is 1. The standard InChI is InChI=1S/C19H22N4O2S2/c1-12(24)20-17-11-26-19(22-17)27-15-4-2-14(3-5-15)18(25)21-16-10-23-8-6-13(16)7-9-23/h2-5,11,13,16H,6-10H2,1H3,(H,20,24)(H,21,25)/t16-/m0/s1. The van der Waals surface area contributed by atoms with E-state index in [1.165, 1.54) is 56.0 Å². The molecule has 2 bridgehead atoms. The molecule has 0 spiro atoms. The summed E-state index contributed by atoms with van der Waals surface area (Å²) < 4.78 is 0.850. The average molecular weight is 403 g/mol. The number of nitrogens with one attached hydrogen (secondary N) is 2. The van der Waals surface area contributed by atoms with E-state index in [1.807, 2.05) is 29.6 Å². The van der Waals surface area contributed by atoms with Gasteiger partial charge >= 0.3 is 0 Å². The molecule has 8 heteroatoms. The number of carbonyl (C=O) groups is 2. The second-order valence-corrected chi connectivity index (χ2v) is 9.20. The number of hydrogen-bond acceptors (Lipinski definition) is 6. The summed E-state index contributed by atoms with van der Waals surface area (Å²) in [6.45, 7) is 4.78. The van der Waals surface area contributed by atoms with Gasteiger partial charge in [0, 0.05) is 35.3 Å². The van der Waals surface area contributed by atoms with Gasteiger partial charge in [-0.2, -0.15) is 0 Å². The Bertz CT molecular complexity index is 828. The average Bonchev–Trinajstić information content (AvgIpc) is 3.09. The Morgan fingerprint density at radius 3 is 2.59 bits per heavy atom. The van der Waals surface area contributed by atoms with Crippen molar-refractivity contribution in [3.63, 3.8) is 0 Å². The molecule has 3 saturated heterocycles. The lowest BCUT2D eigenvalue weighted by Gasteiger charge is -2.44. The molecule has 1 atom stereocenters. The normalized spacial score (nSPS) is 23.8. The highest BCUT2D eigenvalue weighted by Gasteiger charge is 2.34. The van der Waals surface area contributed by atoms with Gasteiger partial charge in [-0.25, -0.2) is 4.98 Å². The topological polar surface area (TPSA) is 74.3 Å². The molecule has 6 nitrogen and oxygen atoms in total. The maximum atomic E-state index is 12.6. The Hall–Kier alpha value is -1.90. The predicted octanol–water partition coefficient (Wildman–Crippen LogP) is 3.08. The molecule has 0 saturated carbocycles. The fraction of sp³-hybridized carbons (Fsp3) is 0.421. The van der Waals surface area contributed by atoms with Gasteiger partial charge in [0.1, 0.15) is 5.82 Å². The van der Waals surface area contributed by atoms with Crippen LogP contribution in [0.25, 0.3) is 0 Å². The molecule has 4 heterocycles. The molecule has 142 valence electrons. The summed E-state index contributed by atoms with van der Waals surface area (Å²) in [4.78, 5) is 31.5. The first kappa shape index (κ1) is 18.5. The number of amides is 2. The smallest absolute Gasteiger partial charge is 0.251 e. The van der Waals surface area contributed by atoms with E-state index in [1.54, 1.807) is 0 Å². The molecule has 3 aliphatic rings. The molecule has 0 aliphatic carbocycles. The van der Waals surface area contributed by atoms with Crippen LogP contribution in [0.3, 0.4) is 0 Å². The molecule has 1 aromatic carbocycles. The van der Waals surface area contributed by atoms with Crippen molar-refractivity contribution in [2.75, 3.05) is 25.0 Å². The second kappa shape index (κ2) is 8.00. The third-order valence-corrected chi connectivity index (χ3v) is 7.03. The molecular formula is C19H22N4O2S2. The van der Waals surface area contributed by atoms with Crippen molar-refractivity contribution in [3.05, 3.63) is 35.2 Å². The zero-order valence-electron chi connectivity index (χ0n) is 15.1. The van der Waals surface area contributed by atoms with Crippen molar-refractivity contribution in [2.24, 2.45) is 5.92 Å². The highest BCUT2D eigenvalue weighted by Crippen LogP contribution is 2.32. The number of rotatable bonds is 5. The third-order valence-electron chi connectivity index (χ3n) is 5.08. The van der Waals surface area contributed by atoms with E-state index in [4.69, 9.17) is 0 Å². The largest absolute Gasteiger partial charge is 0.348 e. The predicted molar refractivity (Wildman–Crippen MR) is 107 cm³/mol. The zero-order valence-corrected chi connectivity index (χ0v) is 16.7. The van der Waals surface area contributed by atoms with Crippen LogP contribution in [-0.2, 0) is 4.79 Å². The number of benzene rings is 1. The Labute approximate surface area is 166 Å². The number of thiazole rings is 1. The summed E-state index contributed by atoms with van der Waals surface area (Å²) in [5.74, 6) is 1.07. The number of piperidine rings is 3. The first-order valence-corrected chi connectivity index (χ1v) is 10.8. The van der Waals surface area contributed by atoms with Crippen molar-refractivity contribution in [1.82, 2.24) is 15.2 Å². The molecule has 0 radical (unpaired) electrons. The van der Waals surface area contributed by atoms with Crippen LogP contribution in [0.2, 0.25) is 0 Å². The number of carbonyl (C=O) groups excluding carboxylic acids is 2. The lowest BCUT2D eigenvalue weighted by Crippen LogP contribution is -2.57. The van der Waals surface area contributed by atoms with Crippen LogP contribution in [0.15, 0.2) is 38.9 Å². The van der Waals surface area contributed by atoms with Crippen molar-refractivity contribution >= 4 is 40.7 Å². The Balaban J connectivity index is 1.35. The molecule has 3 aliphatic heterocycles. The maximum Gasteiger partial charge on any atom is 0.251 e. The maximum absolute atomic E-state index is 12.6. The van der Waals surface area contributed by atoms with Crippen LogP contribution in [0.1, 0.15) is 30.1 Å². The van der Waals surface area contributed by atoms with Crippen LogP contribution in [0.5, 0.6) is 0 Å². The Kier molecular flexibility index (Phi) is 5.47. The number of aromatic nitrogens is 1. The molecule has 3 fully saturated rings. The van der Waals surface area contributed by atoms with E-state index in [9.17, 15) is 9.59 Å². The van der Waals surface area contributed by atoms with Crippen LogP contribution < -0.4 is 10.6 Å². The highest BCUT2D eigenvalue weighted by atomic mass is 32.2. The SMILES string of the molecule is CC(=O)Nc1csc(Sc2ccc(C(=O)N[C@H]3CN4CCC3CC4)cc2)n1. The van der Waals surface area contributed by atoms with Gasteiger partial charge < -0.3 is 15.5 Å². The van der Waals surface area contributed by atoms with E-state index < -0.39 is 0 Å². The molecular weight excluding hydrogens is 380 g/mol. The molecule has 27 heavy (non-hydrogen) atoms. The van der Waals surface area contributed by atoms with Gasteiger partial charge in [0.05, 0.1) is 0 Å². The monoisotopic (exact) mass is 402 g/mol. The quantitative estimate of drug-likeness (QED) is 0.804. The summed E-state index contributed by atoms with van der Waals surface area (Å²) in [7, 11) is 0. The Morgan fingerprint density at radius 1 is 1.22 bits per heavy atom. The summed E-state index contributed by atoms with van der Waals surface area (Å²) in [6, 6.07) is 7.88. The van der Waals surface area contributed by atoms with Crippen LogP contribution in [0.4, 0.5) is 5.82 Å². The fourth-order valence-corrected chi connectivity index (χ4v) is 5.42. The fourth-order valence-electron chi connectivity index (χ4n) is 3.70. The number of nitrogens with zero attached hydrogens (tertiary/aromatic N) is 2. The second-order valence-electron chi connectivity index (χ2n) is 7.02. The van der Waals surface area contributed by atoms with E-state index >= 15 is 0 Å². The van der Waals surface area contributed by atoms with Gasteiger partial charge in [-0.05, 0) is 56.1 Å². The molecule has 2 N–H and O–H groups in total. The first-order valence-electron chi connectivity index (χ1n) is 9.11. The summed E-state index contributed by atoms with van der Waals surface area (Å²) in [5.41, 5.74) is 0.689. The van der Waals surface area contributed by atoms with Crippen LogP contribution >= 0.6 is 23.1 Å². The van der Waals surface area contributed by atoms with Gasteiger partial charge in [-0.15, -0.1) is 11.3 Å².